The number of thioether (sulfide) groups is 1. The van der Waals surface area contributed by atoms with Crippen LogP contribution in [-0.2, 0) is 4.79 Å². The number of hydrogen-bond donors (Lipinski definition) is 1. The Balaban J connectivity index is 2.48. The minimum atomic E-state index is -1.21. The van der Waals surface area contributed by atoms with E-state index in [0.717, 1.165) is 11.8 Å². The Morgan fingerprint density at radius 1 is 1.89 bits per heavy atom. The van der Waals surface area contributed by atoms with Crippen molar-refractivity contribution >= 4 is 23.0 Å². The Morgan fingerprint density at radius 2 is 2.56 bits per heavy atom. The molecular weight excluding hydrogens is 142 g/mol. The third-order valence-electron chi connectivity index (χ3n) is 0.958. The van der Waals surface area contributed by atoms with Crippen LogP contribution >= 0.6 is 11.8 Å². The first-order valence-electron chi connectivity index (χ1n) is 2.34. The molecule has 50 valence electrons. The van der Waals surface area contributed by atoms with Crippen molar-refractivity contribution in [2.24, 2.45) is 0 Å². The van der Waals surface area contributed by atoms with E-state index in [1.54, 1.807) is 0 Å². The molecule has 1 fully saturated rings. The number of carboxylic acid groups (broad SMARTS) is 1. The Kier molecular flexibility index (Phi) is 1.61. The second kappa shape index (κ2) is 2.26. The maximum absolute atomic E-state index is 10.3. The molecule has 1 aliphatic heterocycles. The Morgan fingerprint density at radius 3 is 2.78 bits per heavy atom. The Labute approximate surface area is 55.6 Å². The molecule has 5 heteroatoms. The van der Waals surface area contributed by atoms with Crippen molar-refractivity contribution in [2.45, 2.75) is 6.04 Å². The molecule has 1 amide bonds. The molecule has 0 aromatic rings. The minimum absolute atomic E-state index is 0.279. The lowest BCUT2D eigenvalue weighted by Gasteiger charge is -2.07. The van der Waals surface area contributed by atoms with E-state index in [9.17, 15) is 14.7 Å². The zero-order valence-corrected chi connectivity index (χ0v) is 5.23. The van der Waals surface area contributed by atoms with E-state index in [1.165, 1.54) is 0 Å². The monoisotopic (exact) mass is 146 g/mol. The fourth-order valence-corrected chi connectivity index (χ4v) is 1.27. The predicted molar refractivity (Wildman–Crippen MR) is 29.8 cm³/mol. The van der Waals surface area contributed by atoms with Gasteiger partial charge in [0, 0.05) is 5.75 Å². The van der Waals surface area contributed by atoms with Gasteiger partial charge >= 0.3 is 0 Å². The highest BCUT2D eigenvalue weighted by atomic mass is 32.2. The fraction of sp³-hybridized carbons (Fsp3) is 0.500. The molecule has 0 aliphatic carbocycles. The molecule has 0 saturated carbocycles. The van der Waals surface area contributed by atoms with Crippen LogP contribution in [0.3, 0.4) is 0 Å². The van der Waals surface area contributed by atoms with E-state index in [1.807, 2.05) is 0 Å². The van der Waals surface area contributed by atoms with Gasteiger partial charge in [-0.05, 0) is 0 Å². The first-order chi connectivity index (χ1) is 4.20. The van der Waals surface area contributed by atoms with Crippen LogP contribution in [0.4, 0.5) is 4.79 Å². The topological polar surface area (TPSA) is 69.2 Å². The lowest BCUT2D eigenvalue weighted by Crippen LogP contribution is -2.43. The van der Waals surface area contributed by atoms with Crippen LogP contribution in [-0.4, -0.2) is 23.0 Å². The molecule has 1 heterocycles. The van der Waals surface area contributed by atoms with Gasteiger partial charge in [-0.1, -0.05) is 11.8 Å². The molecule has 0 bridgehead atoms. The third kappa shape index (κ3) is 1.35. The normalized spacial score (nSPS) is 25.8. The van der Waals surface area contributed by atoms with E-state index >= 15 is 0 Å². The lowest BCUT2D eigenvalue weighted by atomic mass is 10.4. The molecule has 1 rings (SSSR count). The number of rotatable bonds is 1. The van der Waals surface area contributed by atoms with E-state index in [0.29, 0.717) is 0 Å². The highest BCUT2D eigenvalue weighted by Crippen LogP contribution is 2.11. The molecule has 0 spiro atoms. The summed E-state index contributed by atoms with van der Waals surface area (Å²) in [6.07, 6.45) is 0. The number of amides is 1. The molecule has 1 atom stereocenters. The largest absolute Gasteiger partial charge is 0.548 e. The number of hydrogen-bond acceptors (Lipinski definition) is 4. The summed E-state index contributed by atoms with van der Waals surface area (Å²) in [7, 11) is 0. The minimum Gasteiger partial charge on any atom is -0.548 e. The number of aliphatic carboxylic acids is 1. The van der Waals surface area contributed by atoms with Gasteiger partial charge in [-0.25, -0.2) is 0 Å². The number of carbonyl (C=O) groups is 2. The van der Waals surface area contributed by atoms with Crippen LogP contribution < -0.4 is 10.4 Å². The van der Waals surface area contributed by atoms with Gasteiger partial charge in [-0.3, -0.25) is 4.79 Å². The Hall–Kier alpha value is -0.710. The molecule has 1 unspecified atom stereocenters. The van der Waals surface area contributed by atoms with E-state index in [-0.39, 0.29) is 11.0 Å². The molecule has 0 aromatic heterocycles. The van der Waals surface area contributed by atoms with Crippen molar-refractivity contribution in [1.29, 1.82) is 0 Å². The summed E-state index contributed by atoms with van der Waals surface area (Å²) in [4.78, 5) is 20.3. The highest BCUT2D eigenvalue weighted by molar-refractivity contribution is 8.14. The quantitative estimate of drug-likeness (QED) is 0.492. The van der Waals surface area contributed by atoms with Crippen LogP contribution in [0.15, 0.2) is 0 Å². The molecule has 0 radical (unpaired) electrons. The van der Waals surface area contributed by atoms with Gasteiger partial charge in [0.25, 0.3) is 5.24 Å². The number of carbonyl (C=O) groups excluding carboxylic acids is 2. The predicted octanol–water partition coefficient (Wildman–Crippen LogP) is -1.44. The van der Waals surface area contributed by atoms with Crippen molar-refractivity contribution < 1.29 is 14.7 Å². The maximum Gasteiger partial charge on any atom is 0.279 e. The van der Waals surface area contributed by atoms with Crippen LogP contribution in [0.5, 0.6) is 0 Å². The summed E-state index contributed by atoms with van der Waals surface area (Å²) in [5.41, 5.74) is 0. The molecule has 0 aromatic carbocycles. The summed E-state index contributed by atoms with van der Waals surface area (Å²) in [5.74, 6) is -0.936. The summed E-state index contributed by atoms with van der Waals surface area (Å²) in [6, 6.07) is -0.789. The lowest BCUT2D eigenvalue weighted by molar-refractivity contribution is -0.307. The maximum atomic E-state index is 10.3. The first-order valence-corrected chi connectivity index (χ1v) is 3.33. The van der Waals surface area contributed by atoms with Crippen molar-refractivity contribution in [3.63, 3.8) is 0 Å². The van der Waals surface area contributed by atoms with Crippen molar-refractivity contribution in [1.82, 2.24) is 5.32 Å². The zero-order chi connectivity index (χ0) is 6.85. The summed E-state index contributed by atoms with van der Waals surface area (Å²) < 4.78 is 0. The van der Waals surface area contributed by atoms with E-state index in [2.05, 4.69) is 5.32 Å². The van der Waals surface area contributed by atoms with E-state index < -0.39 is 12.0 Å². The SMILES string of the molecule is O=C1NC(C(=O)[O-])CS1. The van der Waals surface area contributed by atoms with Gasteiger partial charge in [0.1, 0.15) is 0 Å². The van der Waals surface area contributed by atoms with Crippen LogP contribution in [0.2, 0.25) is 0 Å². The average molecular weight is 146 g/mol. The summed E-state index contributed by atoms with van der Waals surface area (Å²) >= 11 is 0.963. The molecule has 1 aliphatic rings. The second-order valence-corrected chi connectivity index (χ2v) is 2.61. The first kappa shape index (κ1) is 6.41. The van der Waals surface area contributed by atoms with Crippen molar-refractivity contribution in [3.05, 3.63) is 0 Å². The molecular formula is C4H4NO3S-. The summed E-state index contributed by atoms with van der Waals surface area (Å²) in [6.45, 7) is 0. The highest BCUT2D eigenvalue weighted by Gasteiger charge is 2.21. The van der Waals surface area contributed by atoms with E-state index in [4.69, 9.17) is 0 Å². The van der Waals surface area contributed by atoms with Gasteiger partial charge in [-0.15, -0.1) is 0 Å². The fourth-order valence-electron chi connectivity index (χ4n) is 0.512. The third-order valence-corrected chi connectivity index (χ3v) is 1.84. The number of carboxylic acids is 1. The molecule has 4 nitrogen and oxygen atoms in total. The molecule has 9 heavy (non-hydrogen) atoms. The smallest absolute Gasteiger partial charge is 0.279 e. The standard InChI is InChI=1S/C4H5NO3S/c6-3(7)2-1-9-4(8)5-2/h2H,1H2,(H,5,8)(H,6,7)/p-1. The van der Waals surface area contributed by atoms with Gasteiger partial charge in [0.2, 0.25) is 0 Å². The number of nitrogens with one attached hydrogen (secondary N) is 1. The second-order valence-electron chi connectivity index (χ2n) is 1.61. The van der Waals surface area contributed by atoms with Gasteiger partial charge in [0.15, 0.2) is 0 Å². The van der Waals surface area contributed by atoms with Crippen molar-refractivity contribution in [3.8, 4) is 0 Å². The van der Waals surface area contributed by atoms with Gasteiger partial charge in [0.05, 0.1) is 12.0 Å². The van der Waals surface area contributed by atoms with Gasteiger partial charge in [-0.2, -0.15) is 0 Å². The van der Waals surface area contributed by atoms with Crippen molar-refractivity contribution in [2.75, 3.05) is 5.75 Å². The van der Waals surface area contributed by atoms with Crippen LogP contribution in [0.25, 0.3) is 0 Å². The summed E-state index contributed by atoms with van der Waals surface area (Å²) in [5, 5.41) is 11.9. The zero-order valence-electron chi connectivity index (χ0n) is 4.42. The average Bonchev–Trinajstić information content (AvgIpc) is 2.14. The Bertz CT molecular complexity index is 158. The molecule has 1 N–H and O–H groups in total. The van der Waals surface area contributed by atoms with Crippen LogP contribution in [0, 0.1) is 0 Å². The van der Waals surface area contributed by atoms with Crippen LogP contribution in [0.1, 0.15) is 0 Å². The van der Waals surface area contributed by atoms with Gasteiger partial charge < -0.3 is 15.2 Å². The molecule has 1 saturated heterocycles.